The maximum Gasteiger partial charge on any atom is 0.123 e. The maximum atomic E-state index is 5.63. The summed E-state index contributed by atoms with van der Waals surface area (Å²) in [7, 11) is 0. The molecule has 0 bridgehead atoms. The second-order valence-corrected chi connectivity index (χ2v) is 6.78. The minimum Gasteiger partial charge on any atom is -0.467 e. The van der Waals surface area contributed by atoms with Gasteiger partial charge in [-0.15, -0.1) is 0 Å². The Bertz CT molecular complexity index is 488. The molecule has 2 atom stereocenters. The summed E-state index contributed by atoms with van der Waals surface area (Å²) in [5.41, 5.74) is 3.47. The van der Waals surface area contributed by atoms with Crippen LogP contribution in [0.1, 0.15) is 63.5 Å². The highest BCUT2D eigenvalue weighted by molar-refractivity contribution is 5.23. The van der Waals surface area contributed by atoms with Crippen LogP contribution >= 0.6 is 0 Å². The normalized spacial score (nSPS) is 30.1. The third-order valence-corrected chi connectivity index (χ3v) is 5.58. The molecule has 3 aliphatic rings. The van der Waals surface area contributed by atoms with Crippen molar-refractivity contribution < 1.29 is 4.42 Å². The van der Waals surface area contributed by atoms with Gasteiger partial charge in [-0.2, -0.15) is 0 Å². The second kappa shape index (κ2) is 5.31. The van der Waals surface area contributed by atoms with Gasteiger partial charge in [0.1, 0.15) is 5.76 Å². The summed E-state index contributed by atoms with van der Waals surface area (Å²) >= 11 is 0. The summed E-state index contributed by atoms with van der Waals surface area (Å²) in [6, 6.07) is 4.94. The monoisotopic (exact) mass is 271 g/mol. The molecule has 1 aromatic heterocycles. The van der Waals surface area contributed by atoms with E-state index in [1.165, 1.54) is 57.8 Å². The van der Waals surface area contributed by atoms with E-state index in [0.717, 1.165) is 24.3 Å². The summed E-state index contributed by atoms with van der Waals surface area (Å²) in [6.07, 6.45) is 14.3. The van der Waals surface area contributed by atoms with Gasteiger partial charge in [0, 0.05) is 11.7 Å². The van der Waals surface area contributed by atoms with Crippen LogP contribution in [0.3, 0.4) is 0 Å². The highest BCUT2D eigenvalue weighted by Gasteiger charge is 2.37. The van der Waals surface area contributed by atoms with E-state index in [-0.39, 0.29) is 0 Å². The molecule has 0 amide bonds. The van der Waals surface area contributed by atoms with Crippen molar-refractivity contribution in [2.24, 2.45) is 5.92 Å². The molecule has 108 valence electrons. The van der Waals surface area contributed by atoms with Crippen molar-refractivity contribution in [3.63, 3.8) is 0 Å². The molecule has 2 heterocycles. The molecule has 2 unspecified atom stereocenters. The molecular formula is C18H25NO. The van der Waals surface area contributed by atoms with Crippen molar-refractivity contribution in [2.75, 3.05) is 0 Å². The van der Waals surface area contributed by atoms with E-state index in [2.05, 4.69) is 11.0 Å². The molecular weight excluding hydrogens is 246 g/mol. The van der Waals surface area contributed by atoms with E-state index in [0.29, 0.717) is 0 Å². The summed E-state index contributed by atoms with van der Waals surface area (Å²) in [5, 5.41) is 0. The van der Waals surface area contributed by atoms with E-state index in [9.17, 15) is 0 Å². The number of furan rings is 1. The first-order valence-corrected chi connectivity index (χ1v) is 8.42. The van der Waals surface area contributed by atoms with E-state index in [1.54, 1.807) is 11.3 Å². The molecule has 0 N–H and O–H groups in total. The fourth-order valence-corrected chi connectivity index (χ4v) is 4.65. The van der Waals surface area contributed by atoms with Crippen molar-refractivity contribution in [2.45, 2.75) is 70.4 Å². The van der Waals surface area contributed by atoms with Gasteiger partial charge in [-0.05, 0) is 63.0 Å². The third-order valence-electron chi connectivity index (χ3n) is 5.58. The molecule has 0 aromatic carbocycles. The minimum absolute atomic E-state index is 0.783. The summed E-state index contributed by atoms with van der Waals surface area (Å²) in [5.74, 6) is 2.05. The van der Waals surface area contributed by atoms with Crippen LogP contribution in [0, 0.1) is 5.92 Å². The molecule has 1 aromatic rings. The zero-order chi connectivity index (χ0) is 13.4. The molecule has 0 saturated heterocycles. The van der Waals surface area contributed by atoms with Crippen LogP contribution < -0.4 is 0 Å². The molecule has 0 spiro atoms. The average Bonchev–Trinajstić information content (AvgIpc) is 3.00. The van der Waals surface area contributed by atoms with Crippen LogP contribution in [0.25, 0.3) is 0 Å². The Morgan fingerprint density at radius 1 is 1.10 bits per heavy atom. The largest absolute Gasteiger partial charge is 0.467 e. The van der Waals surface area contributed by atoms with Crippen molar-refractivity contribution in [1.82, 2.24) is 4.90 Å². The zero-order valence-electron chi connectivity index (χ0n) is 12.3. The Kier molecular flexibility index (Phi) is 3.33. The smallest absolute Gasteiger partial charge is 0.123 e. The highest BCUT2D eigenvalue weighted by atomic mass is 16.3. The molecule has 0 radical (unpaired) electrons. The molecule has 1 fully saturated rings. The predicted molar refractivity (Wildman–Crippen MR) is 80.1 cm³/mol. The van der Waals surface area contributed by atoms with Crippen LogP contribution in [-0.2, 0) is 6.54 Å². The number of hydrogen-bond acceptors (Lipinski definition) is 2. The van der Waals surface area contributed by atoms with Gasteiger partial charge in [0.25, 0.3) is 0 Å². The first-order chi connectivity index (χ1) is 9.92. The SMILES string of the molecule is c1coc(CN2C3=C(CCCC3)CC3CCCCC32)c1. The molecule has 20 heavy (non-hydrogen) atoms. The lowest BCUT2D eigenvalue weighted by atomic mass is 9.74. The molecule has 2 aliphatic carbocycles. The maximum absolute atomic E-state index is 5.63. The Balaban J connectivity index is 1.66. The number of rotatable bonds is 2. The van der Waals surface area contributed by atoms with Crippen molar-refractivity contribution in [1.29, 1.82) is 0 Å². The molecule has 1 aliphatic heterocycles. The van der Waals surface area contributed by atoms with Gasteiger partial charge in [-0.1, -0.05) is 18.4 Å². The van der Waals surface area contributed by atoms with Gasteiger partial charge in [0.05, 0.1) is 12.8 Å². The zero-order valence-corrected chi connectivity index (χ0v) is 12.3. The standard InChI is InChI=1S/C18H25NO/c1-3-9-17-14(6-1)12-15-7-2-4-10-18(15)19(17)13-16-8-5-11-20-16/h5,8,11,14,17H,1-4,6-7,9-10,12-13H2. The lowest BCUT2D eigenvalue weighted by molar-refractivity contribution is 0.0953. The van der Waals surface area contributed by atoms with Crippen molar-refractivity contribution in [3.05, 3.63) is 35.4 Å². The van der Waals surface area contributed by atoms with E-state index in [1.807, 2.05) is 12.3 Å². The minimum atomic E-state index is 0.783. The van der Waals surface area contributed by atoms with Crippen molar-refractivity contribution in [3.8, 4) is 0 Å². The quantitative estimate of drug-likeness (QED) is 0.762. The van der Waals surface area contributed by atoms with Crippen LogP contribution in [0.5, 0.6) is 0 Å². The lowest BCUT2D eigenvalue weighted by Gasteiger charge is -2.48. The number of allylic oxidation sites excluding steroid dienone is 2. The summed E-state index contributed by atoms with van der Waals surface area (Å²) < 4.78 is 5.63. The molecule has 2 nitrogen and oxygen atoms in total. The Labute approximate surface area is 121 Å². The van der Waals surface area contributed by atoms with Gasteiger partial charge in [0.15, 0.2) is 0 Å². The fraction of sp³-hybridized carbons (Fsp3) is 0.667. The molecule has 1 saturated carbocycles. The van der Waals surface area contributed by atoms with Gasteiger partial charge in [-0.25, -0.2) is 0 Å². The van der Waals surface area contributed by atoms with Crippen LogP contribution in [0.2, 0.25) is 0 Å². The first kappa shape index (κ1) is 12.6. The van der Waals surface area contributed by atoms with Crippen LogP contribution in [-0.4, -0.2) is 10.9 Å². The second-order valence-electron chi connectivity index (χ2n) is 6.78. The van der Waals surface area contributed by atoms with Gasteiger partial charge in [0.2, 0.25) is 0 Å². The predicted octanol–water partition coefficient (Wildman–Crippen LogP) is 4.87. The van der Waals surface area contributed by atoms with Crippen LogP contribution in [0.15, 0.2) is 34.1 Å². The van der Waals surface area contributed by atoms with E-state index in [4.69, 9.17) is 4.42 Å². The number of nitrogens with zero attached hydrogens (tertiary/aromatic N) is 1. The van der Waals surface area contributed by atoms with Gasteiger partial charge in [-0.3, -0.25) is 0 Å². The fourth-order valence-electron chi connectivity index (χ4n) is 4.65. The van der Waals surface area contributed by atoms with Gasteiger partial charge < -0.3 is 9.32 Å². The highest BCUT2D eigenvalue weighted by Crippen LogP contribution is 2.44. The topological polar surface area (TPSA) is 16.4 Å². The molecule has 4 rings (SSSR count). The Morgan fingerprint density at radius 3 is 2.90 bits per heavy atom. The first-order valence-electron chi connectivity index (χ1n) is 8.42. The van der Waals surface area contributed by atoms with E-state index >= 15 is 0 Å². The Morgan fingerprint density at radius 2 is 2.00 bits per heavy atom. The summed E-state index contributed by atoms with van der Waals surface area (Å²) in [6.45, 7) is 0.993. The Hall–Kier alpha value is -1.18. The van der Waals surface area contributed by atoms with Crippen molar-refractivity contribution >= 4 is 0 Å². The molecule has 2 heteroatoms. The van der Waals surface area contributed by atoms with E-state index < -0.39 is 0 Å². The number of hydrogen-bond donors (Lipinski definition) is 0. The third kappa shape index (κ3) is 2.19. The van der Waals surface area contributed by atoms with Crippen LogP contribution in [0.4, 0.5) is 0 Å². The summed E-state index contributed by atoms with van der Waals surface area (Å²) in [4.78, 5) is 2.74. The van der Waals surface area contributed by atoms with Gasteiger partial charge >= 0.3 is 0 Å². The average molecular weight is 271 g/mol. The lowest BCUT2D eigenvalue weighted by Crippen LogP contribution is -2.45. The number of fused-ring (bicyclic) bond motifs is 1.